The molecule has 4 aromatic heterocycles. The molecule has 6 aromatic rings. The number of aromatic nitrogens is 5. The van der Waals surface area contributed by atoms with Crippen molar-refractivity contribution >= 4 is 38.1 Å². The van der Waals surface area contributed by atoms with Gasteiger partial charge in [0.2, 0.25) is 0 Å². The Kier molecular flexibility index (Phi) is 6.02. The maximum atomic E-state index is 14.3. The summed E-state index contributed by atoms with van der Waals surface area (Å²) in [6, 6.07) is 19.6. The van der Waals surface area contributed by atoms with Crippen molar-refractivity contribution in [3.05, 3.63) is 101 Å². The minimum Gasteiger partial charge on any atom is -0.360 e. The lowest BCUT2D eigenvalue weighted by atomic mass is 9.99. The lowest BCUT2D eigenvalue weighted by Gasteiger charge is -2.22. The molecule has 0 amide bonds. The number of thiazole rings is 1. The summed E-state index contributed by atoms with van der Waals surface area (Å²) in [4.78, 5) is 23.3. The van der Waals surface area contributed by atoms with Gasteiger partial charge >= 0.3 is 0 Å². The zero-order valence-corrected chi connectivity index (χ0v) is 21.4. The SMILES string of the molecule is CCCn1cc(-c2cccc3cc([C@H](C)Nc4nccc5scnc45)n(-c4ccccc4)c(=O)c23)cn1. The van der Waals surface area contributed by atoms with Crippen molar-refractivity contribution in [2.45, 2.75) is 32.9 Å². The summed E-state index contributed by atoms with van der Waals surface area (Å²) in [5, 5.41) is 9.58. The highest BCUT2D eigenvalue weighted by molar-refractivity contribution is 7.16. The molecule has 184 valence electrons. The van der Waals surface area contributed by atoms with E-state index in [1.54, 1.807) is 22.1 Å². The fraction of sp³-hybridized carbons (Fsp3) is 0.172. The van der Waals surface area contributed by atoms with E-state index in [-0.39, 0.29) is 11.6 Å². The van der Waals surface area contributed by atoms with Gasteiger partial charge in [0.1, 0.15) is 5.52 Å². The first-order valence-corrected chi connectivity index (χ1v) is 13.2. The lowest BCUT2D eigenvalue weighted by molar-refractivity contribution is 0.603. The Morgan fingerprint density at radius 2 is 1.92 bits per heavy atom. The maximum Gasteiger partial charge on any atom is 0.263 e. The minimum absolute atomic E-state index is 0.0639. The number of hydrogen-bond donors (Lipinski definition) is 1. The Bertz CT molecular complexity index is 1770. The van der Waals surface area contributed by atoms with E-state index in [2.05, 4.69) is 33.4 Å². The predicted molar refractivity (Wildman–Crippen MR) is 151 cm³/mol. The number of para-hydroxylation sites is 1. The average molecular weight is 507 g/mol. The monoisotopic (exact) mass is 506 g/mol. The smallest absolute Gasteiger partial charge is 0.263 e. The van der Waals surface area contributed by atoms with E-state index in [0.717, 1.165) is 51.1 Å². The Labute approximate surface area is 218 Å². The van der Waals surface area contributed by atoms with Crippen molar-refractivity contribution in [1.29, 1.82) is 0 Å². The van der Waals surface area contributed by atoms with E-state index < -0.39 is 0 Å². The molecule has 8 heteroatoms. The van der Waals surface area contributed by atoms with Gasteiger partial charge in [-0.2, -0.15) is 5.10 Å². The number of benzene rings is 2. The zero-order valence-electron chi connectivity index (χ0n) is 20.6. The number of pyridine rings is 2. The van der Waals surface area contributed by atoms with Crippen LogP contribution in [0.25, 0.3) is 37.8 Å². The van der Waals surface area contributed by atoms with Gasteiger partial charge in [-0.3, -0.25) is 14.0 Å². The number of fused-ring (bicyclic) bond motifs is 2. The van der Waals surface area contributed by atoms with Crippen molar-refractivity contribution in [2.24, 2.45) is 0 Å². The molecule has 4 heterocycles. The molecule has 2 aromatic carbocycles. The second-order valence-corrected chi connectivity index (χ2v) is 9.92. The molecule has 0 bridgehead atoms. The third-order valence-electron chi connectivity index (χ3n) is 6.53. The molecule has 6 rings (SSSR count). The molecule has 0 radical (unpaired) electrons. The van der Waals surface area contributed by atoms with E-state index >= 15 is 0 Å². The molecule has 0 unspecified atom stereocenters. The van der Waals surface area contributed by atoms with Gasteiger partial charge in [-0.15, -0.1) is 11.3 Å². The molecule has 1 atom stereocenters. The van der Waals surface area contributed by atoms with Gasteiger partial charge < -0.3 is 5.32 Å². The quantitative estimate of drug-likeness (QED) is 0.270. The highest BCUT2D eigenvalue weighted by Crippen LogP contribution is 2.31. The summed E-state index contributed by atoms with van der Waals surface area (Å²) >= 11 is 1.58. The molecule has 0 saturated heterocycles. The van der Waals surface area contributed by atoms with Crippen LogP contribution < -0.4 is 10.9 Å². The van der Waals surface area contributed by atoms with E-state index in [4.69, 9.17) is 0 Å². The van der Waals surface area contributed by atoms with Gasteiger partial charge in [0.15, 0.2) is 5.82 Å². The van der Waals surface area contributed by atoms with Crippen LogP contribution in [0.4, 0.5) is 5.82 Å². The van der Waals surface area contributed by atoms with Crippen LogP contribution in [-0.2, 0) is 6.54 Å². The van der Waals surface area contributed by atoms with Crippen LogP contribution in [-0.4, -0.2) is 24.3 Å². The predicted octanol–water partition coefficient (Wildman–Crippen LogP) is 6.44. The molecule has 0 aliphatic carbocycles. The number of nitrogens with one attached hydrogen (secondary N) is 1. The Morgan fingerprint density at radius 1 is 1.05 bits per heavy atom. The largest absolute Gasteiger partial charge is 0.360 e. The van der Waals surface area contributed by atoms with Crippen molar-refractivity contribution in [1.82, 2.24) is 24.3 Å². The summed E-state index contributed by atoms with van der Waals surface area (Å²) in [7, 11) is 0. The van der Waals surface area contributed by atoms with Crippen molar-refractivity contribution in [2.75, 3.05) is 5.32 Å². The Morgan fingerprint density at radius 3 is 2.76 bits per heavy atom. The molecule has 1 N–H and O–H groups in total. The first-order valence-electron chi connectivity index (χ1n) is 12.4. The van der Waals surface area contributed by atoms with Crippen molar-refractivity contribution in [3.63, 3.8) is 0 Å². The first-order chi connectivity index (χ1) is 18.1. The number of anilines is 1. The van der Waals surface area contributed by atoms with E-state index in [0.29, 0.717) is 11.2 Å². The summed E-state index contributed by atoms with van der Waals surface area (Å²) in [6.07, 6.45) is 6.64. The second kappa shape index (κ2) is 9.63. The number of aryl methyl sites for hydroxylation is 1. The van der Waals surface area contributed by atoms with Crippen LogP contribution in [0, 0.1) is 0 Å². The summed E-state index contributed by atoms with van der Waals surface area (Å²) in [5.74, 6) is 0.704. The lowest BCUT2D eigenvalue weighted by Crippen LogP contribution is -2.26. The standard InChI is InChI=1S/C29H26N6OS/c1-3-14-34-17-21(16-32-34)23-11-7-8-20-15-24(35(29(36)26(20)23)22-9-5-4-6-10-22)19(2)33-28-27-25(12-13-30-28)37-18-31-27/h4-13,15-19H,3,14H2,1-2H3,(H,30,33)/t19-/m0/s1. The highest BCUT2D eigenvalue weighted by atomic mass is 32.1. The van der Waals surface area contributed by atoms with Crippen LogP contribution in [0.2, 0.25) is 0 Å². The summed E-state index contributed by atoms with van der Waals surface area (Å²) in [6.45, 7) is 5.01. The molecule has 37 heavy (non-hydrogen) atoms. The highest BCUT2D eigenvalue weighted by Gasteiger charge is 2.20. The van der Waals surface area contributed by atoms with Gasteiger partial charge in [0.25, 0.3) is 5.56 Å². The van der Waals surface area contributed by atoms with Gasteiger partial charge in [0.05, 0.1) is 27.8 Å². The first kappa shape index (κ1) is 23.1. The van der Waals surface area contributed by atoms with Crippen LogP contribution in [0.1, 0.15) is 32.0 Å². The van der Waals surface area contributed by atoms with E-state index in [1.807, 2.05) is 84.1 Å². The minimum atomic E-state index is -0.215. The number of hydrogen-bond acceptors (Lipinski definition) is 6. The van der Waals surface area contributed by atoms with E-state index in [9.17, 15) is 4.79 Å². The molecule has 0 spiro atoms. The zero-order chi connectivity index (χ0) is 25.4. The Balaban J connectivity index is 1.54. The molecular weight excluding hydrogens is 480 g/mol. The molecule has 0 saturated carbocycles. The Hall–Kier alpha value is -4.30. The summed E-state index contributed by atoms with van der Waals surface area (Å²) < 4.78 is 4.80. The van der Waals surface area contributed by atoms with Crippen molar-refractivity contribution in [3.8, 4) is 16.8 Å². The summed E-state index contributed by atoms with van der Waals surface area (Å²) in [5.41, 5.74) is 6.07. The number of nitrogens with zero attached hydrogens (tertiary/aromatic N) is 5. The fourth-order valence-electron chi connectivity index (χ4n) is 4.82. The third kappa shape index (κ3) is 4.19. The van der Waals surface area contributed by atoms with Gasteiger partial charge in [0, 0.05) is 35.9 Å². The molecule has 7 nitrogen and oxygen atoms in total. The third-order valence-corrected chi connectivity index (χ3v) is 7.33. The van der Waals surface area contributed by atoms with E-state index in [1.165, 1.54) is 0 Å². The molecule has 0 aliphatic heterocycles. The van der Waals surface area contributed by atoms with Gasteiger partial charge in [-0.25, -0.2) is 9.97 Å². The van der Waals surface area contributed by atoms with Crippen LogP contribution in [0.15, 0.2) is 89.6 Å². The molecule has 0 aliphatic rings. The van der Waals surface area contributed by atoms with Crippen LogP contribution in [0.3, 0.4) is 0 Å². The number of rotatable bonds is 7. The molecule has 0 fully saturated rings. The second-order valence-electron chi connectivity index (χ2n) is 9.03. The maximum absolute atomic E-state index is 14.3. The van der Waals surface area contributed by atoms with Gasteiger partial charge in [-0.1, -0.05) is 43.3 Å². The average Bonchev–Trinajstić information content (AvgIpc) is 3.59. The topological polar surface area (TPSA) is 77.6 Å². The van der Waals surface area contributed by atoms with Crippen LogP contribution in [0.5, 0.6) is 0 Å². The fourth-order valence-corrected chi connectivity index (χ4v) is 5.49. The van der Waals surface area contributed by atoms with Crippen LogP contribution >= 0.6 is 11.3 Å². The van der Waals surface area contributed by atoms with Crippen molar-refractivity contribution < 1.29 is 0 Å². The van der Waals surface area contributed by atoms with Gasteiger partial charge in [-0.05, 0) is 48.6 Å². The normalized spacial score (nSPS) is 12.3. The molecular formula is C29H26N6OS.